The van der Waals surface area contributed by atoms with Gasteiger partial charge in [0.15, 0.2) is 5.82 Å². The molecule has 0 bridgehead atoms. The summed E-state index contributed by atoms with van der Waals surface area (Å²) < 4.78 is 1.98. The number of likely N-dealkylation sites (tertiary alicyclic amines) is 1. The molecular formula is C15H26N6O. The zero-order chi connectivity index (χ0) is 15.5. The van der Waals surface area contributed by atoms with Crippen LogP contribution < -0.4 is 0 Å². The highest BCUT2D eigenvalue weighted by atomic mass is 16.2. The van der Waals surface area contributed by atoms with Crippen LogP contribution in [0.15, 0.2) is 0 Å². The van der Waals surface area contributed by atoms with Crippen molar-refractivity contribution < 1.29 is 4.79 Å². The van der Waals surface area contributed by atoms with Gasteiger partial charge in [-0.2, -0.15) is 0 Å². The number of hydrogen-bond acceptors (Lipinski definition) is 5. The molecule has 0 aromatic carbocycles. The zero-order valence-electron chi connectivity index (χ0n) is 13.6. The first-order valence-corrected chi connectivity index (χ1v) is 8.50. The largest absolute Gasteiger partial charge is 0.343 e. The zero-order valence-corrected chi connectivity index (χ0v) is 13.6. The van der Waals surface area contributed by atoms with E-state index in [4.69, 9.17) is 0 Å². The first-order valence-electron chi connectivity index (χ1n) is 8.50. The molecule has 0 unspecified atom stereocenters. The van der Waals surface area contributed by atoms with Crippen LogP contribution in [0.25, 0.3) is 0 Å². The second-order valence-corrected chi connectivity index (χ2v) is 6.33. The van der Waals surface area contributed by atoms with Crippen LogP contribution in [0.1, 0.15) is 51.4 Å². The van der Waals surface area contributed by atoms with Crippen LogP contribution in [0.3, 0.4) is 0 Å². The van der Waals surface area contributed by atoms with E-state index in [0.29, 0.717) is 11.9 Å². The summed E-state index contributed by atoms with van der Waals surface area (Å²) in [5.41, 5.74) is 0. The minimum absolute atomic E-state index is 0.190. The van der Waals surface area contributed by atoms with Crippen molar-refractivity contribution in [2.75, 3.05) is 26.2 Å². The molecule has 2 aliphatic rings. The molecule has 2 fully saturated rings. The van der Waals surface area contributed by atoms with Crippen LogP contribution in [0.2, 0.25) is 0 Å². The molecule has 3 rings (SSSR count). The predicted molar refractivity (Wildman–Crippen MR) is 82.0 cm³/mol. The number of nitrogens with zero attached hydrogens (tertiary/aromatic N) is 6. The molecule has 0 atom stereocenters. The molecule has 0 radical (unpaired) electrons. The monoisotopic (exact) mass is 306 g/mol. The van der Waals surface area contributed by atoms with Gasteiger partial charge in [-0.15, -0.1) is 5.10 Å². The third-order valence-corrected chi connectivity index (χ3v) is 4.83. The normalized spacial score (nSPS) is 20.3. The van der Waals surface area contributed by atoms with Crippen LogP contribution in [0.5, 0.6) is 0 Å². The Morgan fingerprint density at radius 3 is 2.45 bits per heavy atom. The van der Waals surface area contributed by atoms with E-state index in [9.17, 15) is 4.79 Å². The molecule has 1 saturated carbocycles. The minimum atomic E-state index is 0.190. The lowest BCUT2D eigenvalue weighted by molar-refractivity contribution is -0.136. The molecule has 0 spiro atoms. The van der Waals surface area contributed by atoms with Crippen LogP contribution in [0.4, 0.5) is 0 Å². The number of amides is 1. The highest BCUT2D eigenvalue weighted by Gasteiger charge is 2.30. The number of aromatic nitrogens is 4. The molecule has 1 amide bonds. The predicted octanol–water partition coefficient (Wildman–Crippen LogP) is 1.09. The fourth-order valence-corrected chi connectivity index (χ4v) is 3.25. The highest BCUT2D eigenvalue weighted by molar-refractivity contribution is 5.78. The lowest BCUT2D eigenvalue weighted by Crippen LogP contribution is -2.42. The number of carbonyl (C=O) groups is 1. The van der Waals surface area contributed by atoms with Gasteiger partial charge in [0.25, 0.3) is 0 Å². The second kappa shape index (κ2) is 6.73. The van der Waals surface area contributed by atoms with Crippen LogP contribution >= 0.6 is 0 Å². The number of carbonyl (C=O) groups excluding carboxylic acids is 1. The first kappa shape index (κ1) is 15.4. The van der Waals surface area contributed by atoms with Gasteiger partial charge in [-0.3, -0.25) is 9.69 Å². The summed E-state index contributed by atoms with van der Waals surface area (Å²) in [7, 11) is 0. The van der Waals surface area contributed by atoms with Crippen molar-refractivity contribution >= 4 is 5.91 Å². The van der Waals surface area contributed by atoms with E-state index >= 15 is 0 Å². The summed E-state index contributed by atoms with van der Waals surface area (Å²) in [6.07, 6.45) is 4.28. The quantitative estimate of drug-likeness (QED) is 0.787. The summed E-state index contributed by atoms with van der Waals surface area (Å²) >= 11 is 0. The average Bonchev–Trinajstić information content (AvgIpc) is 3.29. The van der Waals surface area contributed by atoms with Gasteiger partial charge < -0.3 is 4.90 Å². The second-order valence-electron chi connectivity index (χ2n) is 6.33. The number of piperidine rings is 1. The van der Waals surface area contributed by atoms with Crippen LogP contribution in [0, 0.1) is 5.92 Å². The fraction of sp³-hybridized carbons (Fsp3) is 0.867. The minimum Gasteiger partial charge on any atom is -0.343 e. The van der Waals surface area contributed by atoms with Gasteiger partial charge >= 0.3 is 0 Å². The maximum absolute atomic E-state index is 12.4. The van der Waals surface area contributed by atoms with Gasteiger partial charge in [-0.25, -0.2) is 4.68 Å². The molecular weight excluding hydrogens is 280 g/mol. The third-order valence-electron chi connectivity index (χ3n) is 4.83. The van der Waals surface area contributed by atoms with Crippen molar-refractivity contribution in [1.29, 1.82) is 0 Å². The molecule has 7 heteroatoms. The molecule has 1 aliphatic heterocycles. The molecule has 122 valence electrons. The highest BCUT2D eigenvalue weighted by Crippen LogP contribution is 2.34. The van der Waals surface area contributed by atoms with Crippen molar-refractivity contribution in [2.24, 2.45) is 5.92 Å². The van der Waals surface area contributed by atoms with E-state index in [0.717, 1.165) is 51.4 Å². The van der Waals surface area contributed by atoms with E-state index in [1.165, 1.54) is 12.8 Å². The van der Waals surface area contributed by atoms with Crippen molar-refractivity contribution in [3.63, 3.8) is 0 Å². The summed E-state index contributed by atoms with van der Waals surface area (Å²) in [4.78, 5) is 16.7. The van der Waals surface area contributed by atoms with Crippen molar-refractivity contribution in [2.45, 2.75) is 52.1 Å². The van der Waals surface area contributed by atoms with Crippen molar-refractivity contribution in [3.8, 4) is 0 Å². The maximum Gasteiger partial charge on any atom is 0.225 e. The molecule has 0 N–H and O–H groups in total. The Balaban J connectivity index is 1.51. The van der Waals surface area contributed by atoms with Gasteiger partial charge in [0.2, 0.25) is 5.91 Å². The average molecular weight is 306 g/mol. The van der Waals surface area contributed by atoms with Crippen LogP contribution in [-0.4, -0.2) is 62.1 Å². The van der Waals surface area contributed by atoms with Gasteiger partial charge in [-0.05, 0) is 63.0 Å². The molecule has 7 nitrogen and oxygen atoms in total. The molecule has 1 aliphatic carbocycles. The van der Waals surface area contributed by atoms with Gasteiger partial charge in [0.05, 0.1) is 12.6 Å². The Morgan fingerprint density at radius 1 is 1.18 bits per heavy atom. The van der Waals surface area contributed by atoms with Crippen molar-refractivity contribution in [1.82, 2.24) is 30.0 Å². The Hall–Kier alpha value is -1.50. The smallest absolute Gasteiger partial charge is 0.225 e. The van der Waals surface area contributed by atoms with E-state index < -0.39 is 0 Å². The first-order chi connectivity index (χ1) is 10.7. The van der Waals surface area contributed by atoms with Gasteiger partial charge in [0.1, 0.15) is 0 Å². The molecule has 1 saturated heterocycles. The fourth-order valence-electron chi connectivity index (χ4n) is 3.25. The molecule has 1 aromatic rings. The Bertz CT molecular complexity index is 500. The topological polar surface area (TPSA) is 67.2 Å². The van der Waals surface area contributed by atoms with Crippen LogP contribution in [-0.2, 0) is 11.3 Å². The number of tetrazole rings is 1. The summed E-state index contributed by atoms with van der Waals surface area (Å²) in [5, 5.41) is 12.1. The SMILES string of the molecule is CCN(CC)C(=O)C1CCN(Cc2nnnn2C2CC2)CC1. The van der Waals surface area contributed by atoms with Gasteiger partial charge in [0, 0.05) is 19.0 Å². The van der Waals surface area contributed by atoms with E-state index in [1.54, 1.807) is 0 Å². The third kappa shape index (κ3) is 3.29. The maximum atomic E-state index is 12.4. The molecule has 2 heterocycles. The Labute approximate surface area is 131 Å². The number of rotatable bonds is 6. The lowest BCUT2D eigenvalue weighted by Gasteiger charge is -2.33. The van der Waals surface area contributed by atoms with Crippen molar-refractivity contribution in [3.05, 3.63) is 5.82 Å². The number of hydrogen-bond donors (Lipinski definition) is 0. The molecule has 22 heavy (non-hydrogen) atoms. The lowest BCUT2D eigenvalue weighted by atomic mass is 9.95. The van der Waals surface area contributed by atoms with E-state index in [-0.39, 0.29) is 5.92 Å². The Kier molecular flexibility index (Phi) is 4.71. The van der Waals surface area contributed by atoms with E-state index in [1.807, 2.05) is 23.4 Å². The summed E-state index contributed by atoms with van der Waals surface area (Å²) in [5.74, 6) is 1.49. The summed E-state index contributed by atoms with van der Waals surface area (Å²) in [6.45, 7) is 8.43. The van der Waals surface area contributed by atoms with E-state index in [2.05, 4.69) is 20.4 Å². The summed E-state index contributed by atoms with van der Waals surface area (Å²) in [6, 6.07) is 0.520. The standard InChI is InChI=1S/C15H26N6O/c1-3-20(4-2)15(22)12-7-9-19(10-8-12)11-14-16-17-18-21(14)13-5-6-13/h12-13H,3-11H2,1-2H3. The van der Waals surface area contributed by atoms with Gasteiger partial charge in [-0.1, -0.05) is 0 Å². The Morgan fingerprint density at radius 2 is 1.86 bits per heavy atom. The molecule has 1 aromatic heterocycles.